The van der Waals surface area contributed by atoms with Gasteiger partial charge in [0.05, 0.1) is 10.6 Å². The Morgan fingerprint density at radius 1 is 0.951 bits per heavy atom. The van der Waals surface area contributed by atoms with E-state index in [2.05, 4.69) is 5.32 Å². The first kappa shape index (κ1) is 30.5. The maximum absolute atomic E-state index is 14.1. The zero-order valence-electron chi connectivity index (χ0n) is 23.0. The zero-order valence-corrected chi connectivity index (χ0v) is 24.6. The lowest BCUT2D eigenvalue weighted by atomic mass is 9.95. The fourth-order valence-corrected chi connectivity index (χ4v) is 6.65. The lowest BCUT2D eigenvalue weighted by molar-refractivity contribution is -0.140. The van der Waals surface area contributed by atoms with E-state index in [1.807, 2.05) is 6.92 Å². The van der Waals surface area contributed by atoms with Gasteiger partial charge in [-0.05, 0) is 73.4 Å². The van der Waals surface area contributed by atoms with E-state index in [0.29, 0.717) is 22.7 Å². The van der Waals surface area contributed by atoms with E-state index in [1.165, 1.54) is 41.3 Å². The summed E-state index contributed by atoms with van der Waals surface area (Å²) in [5.74, 6) is -1.25. The summed E-state index contributed by atoms with van der Waals surface area (Å²) in [6.45, 7) is 1.29. The maximum Gasteiger partial charge on any atom is 0.264 e. The molecule has 3 aromatic rings. The number of benzene rings is 3. The van der Waals surface area contributed by atoms with Gasteiger partial charge in [0.25, 0.3) is 10.0 Å². The van der Waals surface area contributed by atoms with E-state index < -0.39 is 34.3 Å². The van der Waals surface area contributed by atoms with Gasteiger partial charge in [0.2, 0.25) is 11.8 Å². The highest BCUT2D eigenvalue weighted by molar-refractivity contribution is 7.92. The van der Waals surface area contributed by atoms with Crippen molar-refractivity contribution in [3.63, 3.8) is 0 Å². The third-order valence-corrected chi connectivity index (χ3v) is 9.37. The third-order valence-electron chi connectivity index (χ3n) is 7.33. The molecule has 218 valence electrons. The molecule has 1 fully saturated rings. The van der Waals surface area contributed by atoms with Crippen LogP contribution in [0.5, 0.6) is 0 Å². The number of sulfonamides is 1. The Bertz CT molecular complexity index is 1410. The van der Waals surface area contributed by atoms with E-state index in [0.717, 1.165) is 36.4 Å². The van der Waals surface area contributed by atoms with Crippen molar-refractivity contribution in [2.24, 2.45) is 0 Å². The molecular weight excluding hydrogens is 565 g/mol. The van der Waals surface area contributed by atoms with Crippen molar-refractivity contribution in [1.29, 1.82) is 0 Å². The van der Waals surface area contributed by atoms with Gasteiger partial charge in [-0.1, -0.05) is 68.1 Å². The van der Waals surface area contributed by atoms with Crippen LogP contribution < -0.4 is 9.62 Å². The van der Waals surface area contributed by atoms with Gasteiger partial charge in [-0.15, -0.1) is 0 Å². The van der Waals surface area contributed by atoms with Crippen LogP contribution in [0, 0.1) is 5.82 Å². The van der Waals surface area contributed by atoms with Crippen LogP contribution in [0.1, 0.15) is 51.0 Å². The second kappa shape index (κ2) is 14.0. The van der Waals surface area contributed by atoms with E-state index >= 15 is 0 Å². The van der Waals surface area contributed by atoms with Gasteiger partial charge < -0.3 is 10.2 Å². The first-order chi connectivity index (χ1) is 19.7. The summed E-state index contributed by atoms with van der Waals surface area (Å²) in [6, 6.07) is 19.0. The Kier molecular flexibility index (Phi) is 10.4. The van der Waals surface area contributed by atoms with Crippen molar-refractivity contribution in [2.75, 3.05) is 10.8 Å². The summed E-state index contributed by atoms with van der Waals surface area (Å²) in [5.41, 5.74) is 0.924. The van der Waals surface area contributed by atoms with Crippen molar-refractivity contribution in [3.05, 3.63) is 95.3 Å². The molecule has 7 nitrogen and oxygen atoms in total. The number of hydrogen-bond donors (Lipinski definition) is 1. The third kappa shape index (κ3) is 7.86. The monoisotopic (exact) mass is 599 g/mol. The molecule has 0 saturated heterocycles. The van der Waals surface area contributed by atoms with E-state index in [4.69, 9.17) is 11.6 Å². The van der Waals surface area contributed by atoms with E-state index in [-0.39, 0.29) is 23.4 Å². The Balaban J connectivity index is 1.68. The lowest BCUT2D eigenvalue weighted by Crippen LogP contribution is -2.54. The Morgan fingerprint density at radius 3 is 2.20 bits per heavy atom. The highest BCUT2D eigenvalue weighted by Gasteiger charge is 2.34. The number of amides is 2. The molecule has 0 heterocycles. The molecule has 2 amide bonds. The van der Waals surface area contributed by atoms with Crippen molar-refractivity contribution >= 4 is 39.1 Å². The van der Waals surface area contributed by atoms with Crippen molar-refractivity contribution in [1.82, 2.24) is 10.2 Å². The fraction of sp³-hybridized carbons (Fsp3) is 0.355. The number of carbonyl (C=O) groups is 2. The van der Waals surface area contributed by atoms with Crippen LogP contribution in [0.25, 0.3) is 0 Å². The van der Waals surface area contributed by atoms with Crippen LogP contribution in [-0.2, 0) is 26.2 Å². The second-order valence-electron chi connectivity index (χ2n) is 10.2. The molecule has 0 aliphatic heterocycles. The normalized spacial score (nSPS) is 14.7. The van der Waals surface area contributed by atoms with Crippen LogP contribution in [-0.4, -0.2) is 43.8 Å². The van der Waals surface area contributed by atoms with E-state index in [1.54, 1.807) is 42.5 Å². The minimum Gasteiger partial charge on any atom is -0.352 e. The first-order valence-corrected chi connectivity index (χ1v) is 15.7. The zero-order chi connectivity index (χ0) is 29.4. The number of halogens is 2. The van der Waals surface area contributed by atoms with Crippen LogP contribution in [0.3, 0.4) is 0 Å². The Morgan fingerprint density at radius 2 is 1.59 bits per heavy atom. The van der Waals surface area contributed by atoms with Crippen LogP contribution >= 0.6 is 11.6 Å². The standard InChI is InChI=1S/C31H35ClFN3O4S/c1-2-29(31(38)34-26-9-5-3-6-10-26)35(21-23-13-17-25(33)18-14-23)30(37)22-36(27-11-7-4-8-12-27)41(39,40)28-19-15-24(32)16-20-28/h4,7-8,11-20,26,29H,2-3,5-6,9-10,21-22H2,1H3,(H,34,38)/t29-/m0/s1. The summed E-state index contributed by atoms with van der Waals surface area (Å²) >= 11 is 5.99. The minimum atomic E-state index is -4.18. The molecule has 1 N–H and O–H groups in total. The Hall–Kier alpha value is -3.43. The summed E-state index contributed by atoms with van der Waals surface area (Å²) in [7, 11) is -4.18. The molecule has 0 spiro atoms. The van der Waals surface area contributed by atoms with Gasteiger partial charge in [-0.25, -0.2) is 12.8 Å². The van der Waals surface area contributed by atoms with Crippen molar-refractivity contribution in [3.8, 4) is 0 Å². The Labute approximate surface area is 246 Å². The molecule has 1 aliphatic carbocycles. The number of para-hydroxylation sites is 1. The van der Waals surface area contributed by atoms with Gasteiger partial charge in [-0.2, -0.15) is 0 Å². The molecule has 0 radical (unpaired) electrons. The minimum absolute atomic E-state index is 0.0132. The number of rotatable bonds is 11. The topological polar surface area (TPSA) is 86.8 Å². The molecule has 3 aromatic carbocycles. The fourth-order valence-electron chi connectivity index (χ4n) is 5.11. The molecule has 4 rings (SSSR count). The highest BCUT2D eigenvalue weighted by atomic mass is 35.5. The maximum atomic E-state index is 14.1. The number of anilines is 1. The molecule has 1 atom stereocenters. The molecule has 0 bridgehead atoms. The SMILES string of the molecule is CC[C@@H](C(=O)NC1CCCCC1)N(Cc1ccc(F)cc1)C(=O)CN(c1ccccc1)S(=O)(=O)c1ccc(Cl)cc1. The summed E-state index contributed by atoms with van der Waals surface area (Å²) in [5, 5.41) is 3.49. The van der Waals surface area contributed by atoms with E-state index in [9.17, 15) is 22.4 Å². The molecule has 1 saturated carbocycles. The lowest BCUT2D eigenvalue weighted by Gasteiger charge is -2.34. The van der Waals surface area contributed by atoms with Gasteiger partial charge in [0.1, 0.15) is 18.4 Å². The van der Waals surface area contributed by atoms with Crippen LogP contribution in [0.4, 0.5) is 10.1 Å². The van der Waals surface area contributed by atoms with Gasteiger partial charge in [0, 0.05) is 17.6 Å². The molecule has 0 aromatic heterocycles. The van der Waals surface area contributed by atoms with Gasteiger partial charge in [0.15, 0.2) is 0 Å². The quantitative estimate of drug-likeness (QED) is 0.296. The molecule has 0 unspecified atom stereocenters. The second-order valence-corrected chi connectivity index (χ2v) is 12.5. The van der Waals surface area contributed by atoms with Crippen molar-refractivity contribution in [2.45, 2.75) is 69.0 Å². The summed E-state index contributed by atoms with van der Waals surface area (Å²) in [6.07, 6.45) is 5.30. The summed E-state index contributed by atoms with van der Waals surface area (Å²) < 4.78 is 42.3. The molecule has 10 heteroatoms. The number of nitrogens with zero attached hydrogens (tertiary/aromatic N) is 2. The van der Waals surface area contributed by atoms with Crippen LogP contribution in [0.2, 0.25) is 5.02 Å². The average molecular weight is 600 g/mol. The first-order valence-electron chi connectivity index (χ1n) is 13.9. The van der Waals surface area contributed by atoms with Gasteiger partial charge in [-0.3, -0.25) is 13.9 Å². The molecular formula is C31H35ClFN3O4S. The molecule has 1 aliphatic rings. The highest BCUT2D eigenvalue weighted by Crippen LogP contribution is 2.26. The van der Waals surface area contributed by atoms with Crippen LogP contribution in [0.15, 0.2) is 83.8 Å². The summed E-state index contributed by atoms with van der Waals surface area (Å²) in [4.78, 5) is 29.0. The number of carbonyl (C=O) groups excluding carboxylic acids is 2. The average Bonchev–Trinajstić information content (AvgIpc) is 2.98. The largest absolute Gasteiger partial charge is 0.352 e. The van der Waals surface area contributed by atoms with Gasteiger partial charge >= 0.3 is 0 Å². The number of hydrogen-bond acceptors (Lipinski definition) is 4. The predicted octanol–water partition coefficient (Wildman–Crippen LogP) is 5.93. The molecule has 41 heavy (non-hydrogen) atoms. The predicted molar refractivity (Wildman–Crippen MR) is 158 cm³/mol. The smallest absolute Gasteiger partial charge is 0.264 e. The number of nitrogens with one attached hydrogen (secondary N) is 1. The van der Waals surface area contributed by atoms with Crippen molar-refractivity contribution < 1.29 is 22.4 Å².